The van der Waals surface area contributed by atoms with Crippen molar-refractivity contribution in [1.29, 1.82) is 0 Å². The van der Waals surface area contributed by atoms with Crippen LogP contribution in [0.1, 0.15) is 20.3 Å². The van der Waals surface area contributed by atoms with Crippen LogP contribution in [0.2, 0.25) is 0 Å². The van der Waals surface area contributed by atoms with Crippen molar-refractivity contribution in [2.24, 2.45) is 5.92 Å². The van der Waals surface area contributed by atoms with E-state index >= 15 is 0 Å². The van der Waals surface area contributed by atoms with Gasteiger partial charge in [0.15, 0.2) is 0 Å². The average molecular weight is 346 g/mol. The maximum Gasteiger partial charge on any atom is 0.230 e. The Labute approximate surface area is 127 Å². The summed E-state index contributed by atoms with van der Waals surface area (Å²) in [5.41, 5.74) is 0. The lowest BCUT2D eigenvalue weighted by atomic mass is 10.1. The Hall–Kier alpha value is -0.520. The highest BCUT2D eigenvalue weighted by Crippen LogP contribution is 2.21. The molecule has 3 nitrogen and oxygen atoms in total. The average Bonchev–Trinajstić information content (AvgIpc) is 2.33. The van der Waals surface area contributed by atoms with Crippen molar-refractivity contribution in [3.05, 3.63) is 28.7 Å². The second-order valence-electron chi connectivity index (χ2n) is 4.74. The van der Waals surface area contributed by atoms with Crippen LogP contribution in [0.15, 0.2) is 33.6 Å². The van der Waals surface area contributed by atoms with Gasteiger partial charge in [0, 0.05) is 15.9 Å². The third kappa shape index (κ3) is 7.60. The maximum atomic E-state index is 11.7. The first-order chi connectivity index (χ1) is 8.97. The summed E-state index contributed by atoms with van der Waals surface area (Å²) in [5.74, 6) is 0.736. The van der Waals surface area contributed by atoms with Crippen LogP contribution in [0.5, 0.6) is 0 Å². The summed E-state index contributed by atoms with van der Waals surface area (Å²) < 4.78 is 1.02. The Bertz CT molecular complexity index is 412. The van der Waals surface area contributed by atoms with E-state index in [1.807, 2.05) is 31.2 Å². The molecule has 0 aliphatic rings. The monoisotopic (exact) mass is 345 g/mol. The first-order valence-electron chi connectivity index (χ1n) is 6.30. The number of nitrogens with one attached hydrogen (secondary N) is 1. The van der Waals surface area contributed by atoms with Crippen molar-refractivity contribution < 1.29 is 9.90 Å². The van der Waals surface area contributed by atoms with Gasteiger partial charge in [-0.25, -0.2) is 0 Å². The van der Waals surface area contributed by atoms with E-state index in [2.05, 4.69) is 21.2 Å². The number of hydrogen-bond acceptors (Lipinski definition) is 3. The summed E-state index contributed by atoms with van der Waals surface area (Å²) in [4.78, 5) is 12.8. The van der Waals surface area contributed by atoms with Gasteiger partial charge < -0.3 is 10.4 Å². The zero-order valence-electron chi connectivity index (χ0n) is 11.2. The lowest BCUT2D eigenvalue weighted by molar-refractivity contribution is -0.118. The molecule has 106 valence electrons. The first-order valence-corrected chi connectivity index (χ1v) is 8.08. The Morgan fingerprint density at radius 1 is 1.47 bits per heavy atom. The number of amides is 1. The molecule has 0 aliphatic heterocycles. The van der Waals surface area contributed by atoms with Crippen LogP contribution in [-0.4, -0.2) is 29.4 Å². The van der Waals surface area contributed by atoms with Crippen molar-refractivity contribution in [2.75, 3.05) is 12.3 Å². The normalized spacial score (nSPS) is 13.9. The maximum absolute atomic E-state index is 11.7. The number of carbonyl (C=O) groups is 1. The Balaban J connectivity index is 2.25. The minimum absolute atomic E-state index is 0.0300. The van der Waals surface area contributed by atoms with E-state index < -0.39 is 0 Å². The number of aliphatic hydroxyl groups is 1. The van der Waals surface area contributed by atoms with Crippen LogP contribution in [-0.2, 0) is 4.79 Å². The zero-order valence-corrected chi connectivity index (χ0v) is 13.6. The van der Waals surface area contributed by atoms with Gasteiger partial charge >= 0.3 is 0 Å². The molecule has 0 bridgehead atoms. The summed E-state index contributed by atoms with van der Waals surface area (Å²) in [5, 5.41) is 12.1. The van der Waals surface area contributed by atoms with Gasteiger partial charge in [0.05, 0.1) is 11.9 Å². The van der Waals surface area contributed by atoms with Crippen molar-refractivity contribution in [3.8, 4) is 0 Å². The molecule has 0 radical (unpaired) electrons. The molecular formula is C14H20BrNO2S. The van der Waals surface area contributed by atoms with Crippen LogP contribution in [0, 0.1) is 5.92 Å². The molecule has 1 rings (SSSR count). The van der Waals surface area contributed by atoms with Gasteiger partial charge in [-0.05, 0) is 37.5 Å². The predicted octanol–water partition coefficient (Wildman–Crippen LogP) is 3.06. The molecule has 2 unspecified atom stereocenters. The Kier molecular flexibility index (Phi) is 7.49. The van der Waals surface area contributed by atoms with Gasteiger partial charge in [0.2, 0.25) is 5.91 Å². The van der Waals surface area contributed by atoms with Crippen molar-refractivity contribution >= 4 is 33.6 Å². The molecule has 0 saturated carbocycles. The molecule has 5 heteroatoms. The summed E-state index contributed by atoms with van der Waals surface area (Å²) in [6.07, 6.45) is 0.391. The highest BCUT2D eigenvalue weighted by Gasteiger charge is 2.08. The Morgan fingerprint density at radius 2 is 2.21 bits per heavy atom. The SMILES string of the molecule is CC(O)CC(C)CNC(=O)CSc1cccc(Br)c1. The molecule has 2 atom stereocenters. The van der Waals surface area contributed by atoms with E-state index in [-0.39, 0.29) is 12.0 Å². The highest BCUT2D eigenvalue weighted by molar-refractivity contribution is 9.10. The lowest BCUT2D eigenvalue weighted by Crippen LogP contribution is -2.30. The van der Waals surface area contributed by atoms with E-state index in [9.17, 15) is 9.90 Å². The van der Waals surface area contributed by atoms with Gasteiger partial charge in [0.1, 0.15) is 0 Å². The number of carbonyl (C=O) groups excluding carboxylic acids is 1. The Morgan fingerprint density at radius 3 is 2.84 bits per heavy atom. The van der Waals surface area contributed by atoms with Crippen LogP contribution < -0.4 is 5.32 Å². The molecule has 19 heavy (non-hydrogen) atoms. The van der Waals surface area contributed by atoms with Crippen LogP contribution in [0.25, 0.3) is 0 Å². The second-order valence-corrected chi connectivity index (χ2v) is 6.70. The number of rotatable bonds is 7. The molecule has 1 aromatic rings. The predicted molar refractivity (Wildman–Crippen MR) is 83.3 cm³/mol. The fourth-order valence-electron chi connectivity index (χ4n) is 1.71. The molecule has 1 amide bonds. The standard InChI is InChI=1S/C14H20BrNO2S/c1-10(6-11(2)17)8-16-14(18)9-19-13-5-3-4-12(15)7-13/h3-5,7,10-11,17H,6,8-9H2,1-2H3,(H,16,18). The lowest BCUT2D eigenvalue weighted by Gasteiger charge is -2.14. The fraction of sp³-hybridized carbons (Fsp3) is 0.500. The summed E-state index contributed by atoms with van der Waals surface area (Å²) in [6, 6.07) is 7.89. The van der Waals surface area contributed by atoms with Crippen molar-refractivity contribution in [1.82, 2.24) is 5.32 Å². The largest absolute Gasteiger partial charge is 0.393 e. The van der Waals surface area contributed by atoms with Crippen LogP contribution in [0.4, 0.5) is 0 Å². The summed E-state index contributed by atoms with van der Waals surface area (Å²) in [7, 11) is 0. The zero-order chi connectivity index (χ0) is 14.3. The quantitative estimate of drug-likeness (QED) is 0.746. The van der Waals surface area contributed by atoms with E-state index in [0.29, 0.717) is 24.6 Å². The molecule has 1 aromatic carbocycles. The topological polar surface area (TPSA) is 49.3 Å². The third-order valence-electron chi connectivity index (χ3n) is 2.56. The molecule has 0 aliphatic carbocycles. The highest BCUT2D eigenvalue weighted by atomic mass is 79.9. The van der Waals surface area contributed by atoms with Gasteiger partial charge in [-0.1, -0.05) is 28.9 Å². The van der Waals surface area contributed by atoms with Crippen LogP contribution in [0.3, 0.4) is 0 Å². The molecule has 0 saturated heterocycles. The number of benzene rings is 1. The number of thioether (sulfide) groups is 1. The number of halogens is 1. The third-order valence-corrected chi connectivity index (χ3v) is 4.04. The number of hydrogen-bond donors (Lipinski definition) is 2. The molecule has 0 spiro atoms. The van der Waals surface area contributed by atoms with Gasteiger partial charge in [-0.2, -0.15) is 0 Å². The van der Waals surface area contributed by atoms with E-state index in [4.69, 9.17) is 0 Å². The fourth-order valence-corrected chi connectivity index (χ4v) is 3.05. The summed E-state index contributed by atoms with van der Waals surface area (Å²) >= 11 is 4.92. The summed E-state index contributed by atoms with van der Waals surface area (Å²) in [6.45, 7) is 4.40. The van der Waals surface area contributed by atoms with E-state index in [0.717, 1.165) is 9.37 Å². The minimum atomic E-state index is -0.317. The smallest absolute Gasteiger partial charge is 0.230 e. The van der Waals surface area contributed by atoms with Crippen LogP contribution >= 0.6 is 27.7 Å². The first kappa shape index (κ1) is 16.5. The van der Waals surface area contributed by atoms with Gasteiger partial charge in [-0.15, -0.1) is 11.8 Å². The minimum Gasteiger partial charge on any atom is -0.393 e. The van der Waals surface area contributed by atoms with E-state index in [1.54, 1.807) is 6.92 Å². The molecule has 0 aromatic heterocycles. The molecular weight excluding hydrogens is 326 g/mol. The van der Waals surface area contributed by atoms with Crippen molar-refractivity contribution in [3.63, 3.8) is 0 Å². The van der Waals surface area contributed by atoms with Gasteiger partial charge in [0.25, 0.3) is 0 Å². The van der Waals surface area contributed by atoms with Crippen molar-refractivity contribution in [2.45, 2.75) is 31.3 Å². The molecule has 0 heterocycles. The van der Waals surface area contributed by atoms with E-state index in [1.165, 1.54) is 11.8 Å². The second kappa shape index (κ2) is 8.61. The molecule has 0 fully saturated rings. The number of aliphatic hydroxyl groups excluding tert-OH is 1. The molecule has 2 N–H and O–H groups in total. The van der Waals surface area contributed by atoms with Gasteiger partial charge in [-0.3, -0.25) is 4.79 Å².